The van der Waals surface area contributed by atoms with Crippen molar-refractivity contribution in [3.05, 3.63) is 89.7 Å². The number of carbonyl (C=O) groups is 2. The van der Waals surface area contributed by atoms with Crippen LogP contribution in [0.1, 0.15) is 21.5 Å². The van der Waals surface area contributed by atoms with E-state index in [-0.39, 0.29) is 17.7 Å². The lowest BCUT2D eigenvalue weighted by molar-refractivity contribution is -0.124. The Kier molecular flexibility index (Phi) is 5.89. The number of hydrogen-bond donors (Lipinski definition) is 1. The molecule has 1 aliphatic rings. The maximum atomic E-state index is 12.9. The number of rotatable bonds is 4. The van der Waals surface area contributed by atoms with Gasteiger partial charge in [-0.25, -0.2) is 0 Å². The summed E-state index contributed by atoms with van der Waals surface area (Å²) in [6.07, 6.45) is 3.82. The van der Waals surface area contributed by atoms with Gasteiger partial charge in [0.25, 0.3) is 5.91 Å². The molecular weight excluding hydrogens is 374 g/mol. The van der Waals surface area contributed by atoms with Crippen molar-refractivity contribution in [3.63, 3.8) is 0 Å². The van der Waals surface area contributed by atoms with E-state index in [2.05, 4.69) is 47.6 Å². The largest absolute Gasteiger partial charge is 0.354 e. The molecule has 1 atom stereocenters. The number of pyridine rings is 1. The smallest absolute Gasteiger partial charge is 0.254 e. The molecule has 0 saturated carbocycles. The third-order valence-electron chi connectivity index (χ3n) is 5.57. The second kappa shape index (κ2) is 8.91. The minimum Gasteiger partial charge on any atom is -0.354 e. The molecule has 3 aromatic rings. The summed E-state index contributed by atoms with van der Waals surface area (Å²) >= 11 is 0. The van der Waals surface area contributed by atoms with Crippen molar-refractivity contribution in [2.45, 2.75) is 13.3 Å². The highest BCUT2D eigenvalue weighted by atomic mass is 16.2. The first-order valence-corrected chi connectivity index (χ1v) is 10.2. The Labute approximate surface area is 176 Å². The average molecular weight is 399 g/mol. The molecule has 2 amide bonds. The number of aryl methyl sites for hydroxylation is 1. The molecule has 0 aliphatic carbocycles. The van der Waals surface area contributed by atoms with Crippen LogP contribution < -0.4 is 5.32 Å². The summed E-state index contributed by atoms with van der Waals surface area (Å²) in [5, 5.41) is 2.96. The number of carbonyl (C=O) groups excluding carboxylic acids is 2. The number of nitrogens with zero attached hydrogens (tertiary/aromatic N) is 2. The van der Waals surface area contributed by atoms with Gasteiger partial charge in [-0.3, -0.25) is 14.6 Å². The molecule has 2 aromatic carbocycles. The van der Waals surface area contributed by atoms with Crippen LogP contribution in [-0.4, -0.2) is 41.3 Å². The van der Waals surface area contributed by atoms with Crippen LogP contribution in [0.5, 0.6) is 0 Å². The van der Waals surface area contributed by atoms with Crippen LogP contribution in [0.4, 0.5) is 0 Å². The Morgan fingerprint density at radius 3 is 2.70 bits per heavy atom. The summed E-state index contributed by atoms with van der Waals surface area (Å²) in [6.45, 7) is 3.48. The van der Waals surface area contributed by atoms with Gasteiger partial charge in [0.05, 0.1) is 5.92 Å². The molecule has 30 heavy (non-hydrogen) atoms. The quantitative estimate of drug-likeness (QED) is 0.731. The van der Waals surface area contributed by atoms with Crippen molar-refractivity contribution in [2.75, 3.05) is 19.6 Å². The van der Waals surface area contributed by atoms with Crippen LogP contribution in [0.3, 0.4) is 0 Å². The van der Waals surface area contributed by atoms with Crippen molar-refractivity contribution < 1.29 is 9.59 Å². The molecule has 0 bridgehead atoms. The fourth-order valence-electron chi connectivity index (χ4n) is 3.96. The first kappa shape index (κ1) is 19.8. The summed E-state index contributed by atoms with van der Waals surface area (Å²) in [4.78, 5) is 31.3. The van der Waals surface area contributed by atoms with E-state index in [0.29, 0.717) is 31.6 Å². The molecule has 1 aromatic heterocycles. The third kappa shape index (κ3) is 4.40. The molecule has 1 fully saturated rings. The lowest BCUT2D eigenvalue weighted by Gasteiger charge is -2.23. The Bertz CT molecular complexity index is 1050. The van der Waals surface area contributed by atoms with Crippen LogP contribution in [0.2, 0.25) is 0 Å². The van der Waals surface area contributed by atoms with E-state index >= 15 is 0 Å². The maximum absolute atomic E-state index is 12.9. The van der Waals surface area contributed by atoms with Gasteiger partial charge in [0.2, 0.25) is 5.91 Å². The molecule has 1 saturated heterocycles. The number of benzene rings is 2. The maximum Gasteiger partial charge on any atom is 0.254 e. The molecule has 0 spiro atoms. The summed E-state index contributed by atoms with van der Waals surface area (Å²) in [7, 11) is 0. The number of hydrogen-bond acceptors (Lipinski definition) is 3. The van der Waals surface area contributed by atoms with Crippen LogP contribution >= 0.6 is 0 Å². The van der Waals surface area contributed by atoms with Gasteiger partial charge in [0.15, 0.2) is 0 Å². The lowest BCUT2D eigenvalue weighted by atomic mass is 9.94. The standard InChI is InChI=1S/C25H25N3O2/c1-18-5-2-3-8-23(18)21-7-4-6-19(15-21)16-22-17-28(14-13-27-24(22)29)25(30)20-9-11-26-12-10-20/h2-12,15,22H,13-14,16-17H2,1H3,(H,27,29). The van der Waals surface area contributed by atoms with Gasteiger partial charge in [-0.15, -0.1) is 0 Å². The first-order chi connectivity index (χ1) is 14.6. The fraction of sp³-hybridized carbons (Fsp3) is 0.240. The Balaban J connectivity index is 1.54. The molecule has 4 rings (SSSR count). The van der Waals surface area contributed by atoms with E-state index in [1.54, 1.807) is 29.4 Å². The van der Waals surface area contributed by atoms with E-state index < -0.39 is 0 Å². The van der Waals surface area contributed by atoms with E-state index in [1.165, 1.54) is 11.1 Å². The molecule has 1 aliphatic heterocycles. The van der Waals surface area contributed by atoms with Crippen LogP contribution in [0.25, 0.3) is 11.1 Å². The zero-order valence-corrected chi connectivity index (χ0v) is 17.0. The third-order valence-corrected chi connectivity index (χ3v) is 5.57. The normalized spacial score (nSPS) is 16.6. The number of nitrogens with one attached hydrogen (secondary N) is 1. The minimum atomic E-state index is -0.287. The summed E-state index contributed by atoms with van der Waals surface area (Å²) < 4.78 is 0. The Morgan fingerprint density at radius 1 is 1.10 bits per heavy atom. The van der Waals surface area contributed by atoms with E-state index in [0.717, 1.165) is 11.1 Å². The summed E-state index contributed by atoms with van der Waals surface area (Å²) in [6, 6.07) is 20.0. The van der Waals surface area contributed by atoms with Gasteiger partial charge in [0.1, 0.15) is 0 Å². The second-order valence-corrected chi connectivity index (χ2v) is 7.69. The molecular formula is C25H25N3O2. The average Bonchev–Trinajstić information content (AvgIpc) is 2.96. The molecule has 1 N–H and O–H groups in total. The van der Waals surface area contributed by atoms with Gasteiger partial charge in [-0.1, -0.05) is 48.5 Å². The predicted octanol–water partition coefficient (Wildman–Crippen LogP) is 3.49. The first-order valence-electron chi connectivity index (χ1n) is 10.2. The van der Waals surface area contributed by atoms with Crippen LogP contribution in [0, 0.1) is 12.8 Å². The van der Waals surface area contributed by atoms with Crippen molar-refractivity contribution in [3.8, 4) is 11.1 Å². The van der Waals surface area contributed by atoms with E-state index in [4.69, 9.17) is 0 Å². The van der Waals surface area contributed by atoms with Gasteiger partial charge < -0.3 is 10.2 Å². The highest BCUT2D eigenvalue weighted by Gasteiger charge is 2.28. The zero-order valence-electron chi connectivity index (χ0n) is 17.0. The monoisotopic (exact) mass is 399 g/mol. The minimum absolute atomic E-state index is 0.00123. The zero-order chi connectivity index (χ0) is 20.9. The molecule has 5 nitrogen and oxygen atoms in total. The van der Waals surface area contributed by atoms with Gasteiger partial charge >= 0.3 is 0 Å². The highest BCUT2D eigenvalue weighted by molar-refractivity contribution is 5.94. The topological polar surface area (TPSA) is 62.3 Å². The number of aromatic nitrogens is 1. The lowest BCUT2D eigenvalue weighted by Crippen LogP contribution is -2.37. The van der Waals surface area contributed by atoms with Crippen LogP contribution in [-0.2, 0) is 11.2 Å². The molecule has 5 heteroatoms. The van der Waals surface area contributed by atoms with Gasteiger partial charge in [-0.2, -0.15) is 0 Å². The summed E-state index contributed by atoms with van der Waals surface area (Å²) in [5.74, 6) is -0.348. The highest BCUT2D eigenvalue weighted by Crippen LogP contribution is 2.25. The van der Waals surface area contributed by atoms with Gasteiger partial charge in [-0.05, 0) is 47.7 Å². The second-order valence-electron chi connectivity index (χ2n) is 7.69. The fourth-order valence-corrected chi connectivity index (χ4v) is 3.96. The number of amides is 2. The van der Waals surface area contributed by atoms with E-state index in [9.17, 15) is 9.59 Å². The van der Waals surface area contributed by atoms with Crippen molar-refractivity contribution in [2.24, 2.45) is 5.92 Å². The predicted molar refractivity (Wildman–Crippen MR) is 117 cm³/mol. The SMILES string of the molecule is Cc1ccccc1-c1cccc(CC2CN(C(=O)c3ccncc3)CCNC2=O)c1. The Morgan fingerprint density at radius 2 is 1.90 bits per heavy atom. The van der Waals surface area contributed by atoms with Crippen molar-refractivity contribution >= 4 is 11.8 Å². The Hall–Kier alpha value is -3.47. The molecule has 1 unspecified atom stereocenters. The van der Waals surface area contributed by atoms with E-state index in [1.807, 2.05) is 18.2 Å². The van der Waals surface area contributed by atoms with Crippen molar-refractivity contribution in [1.82, 2.24) is 15.2 Å². The van der Waals surface area contributed by atoms with Crippen molar-refractivity contribution in [1.29, 1.82) is 0 Å². The van der Waals surface area contributed by atoms with Crippen LogP contribution in [0.15, 0.2) is 73.1 Å². The molecule has 2 heterocycles. The summed E-state index contributed by atoms with van der Waals surface area (Å²) in [5.41, 5.74) is 5.24. The van der Waals surface area contributed by atoms with Gasteiger partial charge in [0, 0.05) is 37.6 Å². The molecule has 0 radical (unpaired) electrons. The molecule has 152 valence electrons.